The smallest absolute Gasteiger partial charge is 0.331 e. The Balaban J connectivity index is 1.97. The summed E-state index contributed by atoms with van der Waals surface area (Å²) in [5, 5.41) is 10.5. The van der Waals surface area contributed by atoms with E-state index in [2.05, 4.69) is 16.5 Å². The second kappa shape index (κ2) is 10.1. The highest BCUT2D eigenvalue weighted by molar-refractivity contribution is 6.31. The standard InChI is InChI=1S/C24H26ClN3O2/c1-2-3-8-23-27-15-21(28(23)16-18-6-4-5-7-22(18)25)14-19(24(29)30)13-17-9-11-20(26)12-10-17/h4-7,9-12,14-15H,2-3,8,13,16,26H2,1H3,(H,29,30)/b19-14+. The highest BCUT2D eigenvalue weighted by atomic mass is 35.5. The molecule has 3 rings (SSSR count). The van der Waals surface area contributed by atoms with E-state index in [0.29, 0.717) is 29.2 Å². The molecule has 0 saturated carbocycles. The van der Waals surface area contributed by atoms with Crippen molar-refractivity contribution < 1.29 is 9.90 Å². The molecule has 1 heterocycles. The quantitative estimate of drug-likeness (QED) is 0.365. The molecule has 6 heteroatoms. The largest absolute Gasteiger partial charge is 0.478 e. The molecule has 2 aromatic carbocycles. The first-order valence-corrected chi connectivity index (χ1v) is 10.4. The van der Waals surface area contributed by atoms with Crippen LogP contribution in [-0.4, -0.2) is 20.6 Å². The molecule has 0 saturated heterocycles. The number of carboxylic acid groups (broad SMARTS) is 1. The number of carbonyl (C=O) groups is 1. The van der Waals surface area contributed by atoms with Crippen LogP contribution in [0, 0.1) is 0 Å². The van der Waals surface area contributed by atoms with Gasteiger partial charge in [-0.1, -0.05) is 55.3 Å². The molecule has 0 aliphatic heterocycles. The molecule has 3 aromatic rings. The molecule has 0 bridgehead atoms. The molecular weight excluding hydrogens is 398 g/mol. The number of benzene rings is 2. The topological polar surface area (TPSA) is 81.1 Å². The van der Waals surface area contributed by atoms with Crippen LogP contribution in [0.25, 0.3) is 6.08 Å². The number of halogens is 1. The van der Waals surface area contributed by atoms with Gasteiger partial charge in [0.05, 0.1) is 18.4 Å². The van der Waals surface area contributed by atoms with Gasteiger partial charge in [-0.3, -0.25) is 0 Å². The van der Waals surface area contributed by atoms with Gasteiger partial charge < -0.3 is 15.4 Å². The minimum absolute atomic E-state index is 0.294. The van der Waals surface area contributed by atoms with E-state index in [0.717, 1.165) is 41.9 Å². The summed E-state index contributed by atoms with van der Waals surface area (Å²) in [6.45, 7) is 2.68. The molecule has 0 atom stereocenters. The summed E-state index contributed by atoms with van der Waals surface area (Å²) >= 11 is 6.37. The zero-order valence-electron chi connectivity index (χ0n) is 17.0. The summed E-state index contributed by atoms with van der Waals surface area (Å²) in [5.74, 6) is -0.0207. The van der Waals surface area contributed by atoms with Crippen LogP contribution in [-0.2, 0) is 24.2 Å². The van der Waals surface area contributed by atoms with Crippen molar-refractivity contribution in [3.63, 3.8) is 0 Å². The number of aliphatic carboxylic acids is 1. The number of nitrogens with two attached hydrogens (primary N) is 1. The maximum Gasteiger partial charge on any atom is 0.331 e. The molecule has 0 unspecified atom stereocenters. The van der Waals surface area contributed by atoms with Crippen molar-refractivity contribution in [1.29, 1.82) is 0 Å². The molecule has 5 nitrogen and oxygen atoms in total. The van der Waals surface area contributed by atoms with Crippen LogP contribution in [0.4, 0.5) is 5.69 Å². The average Bonchev–Trinajstić information content (AvgIpc) is 3.10. The molecule has 0 aliphatic rings. The van der Waals surface area contributed by atoms with E-state index in [4.69, 9.17) is 17.3 Å². The Labute approximate surface area is 181 Å². The Morgan fingerprint density at radius 2 is 1.93 bits per heavy atom. The summed E-state index contributed by atoms with van der Waals surface area (Å²) < 4.78 is 2.06. The number of aryl methyl sites for hydroxylation is 1. The Kier molecular flexibility index (Phi) is 7.31. The number of hydrogen-bond acceptors (Lipinski definition) is 3. The van der Waals surface area contributed by atoms with Crippen molar-refractivity contribution >= 4 is 29.3 Å². The Morgan fingerprint density at radius 3 is 2.60 bits per heavy atom. The fraction of sp³-hybridized carbons (Fsp3) is 0.250. The van der Waals surface area contributed by atoms with E-state index < -0.39 is 5.97 Å². The highest BCUT2D eigenvalue weighted by Crippen LogP contribution is 2.21. The first-order valence-electron chi connectivity index (χ1n) is 10.0. The second-order valence-corrected chi connectivity index (χ2v) is 7.68. The Morgan fingerprint density at radius 1 is 1.20 bits per heavy atom. The number of unbranched alkanes of at least 4 members (excludes halogenated alkanes) is 1. The maximum atomic E-state index is 11.9. The first-order chi connectivity index (χ1) is 14.5. The predicted molar refractivity (Wildman–Crippen MR) is 122 cm³/mol. The minimum Gasteiger partial charge on any atom is -0.478 e. The van der Waals surface area contributed by atoms with Gasteiger partial charge in [-0.15, -0.1) is 0 Å². The van der Waals surface area contributed by atoms with Crippen LogP contribution >= 0.6 is 11.6 Å². The molecule has 30 heavy (non-hydrogen) atoms. The van der Waals surface area contributed by atoms with E-state index >= 15 is 0 Å². The van der Waals surface area contributed by atoms with Crippen LogP contribution in [0.15, 0.2) is 60.3 Å². The third kappa shape index (κ3) is 5.51. The molecule has 156 valence electrons. The molecule has 1 aromatic heterocycles. The number of nitrogens with zero attached hydrogens (tertiary/aromatic N) is 2. The first kappa shape index (κ1) is 21.7. The number of carboxylic acids is 1. The fourth-order valence-electron chi connectivity index (χ4n) is 3.28. The Bertz CT molecular complexity index is 1040. The molecular formula is C24H26ClN3O2. The molecule has 0 spiro atoms. The van der Waals surface area contributed by atoms with Crippen molar-refractivity contribution in [2.24, 2.45) is 0 Å². The third-order valence-corrected chi connectivity index (χ3v) is 5.35. The lowest BCUT2D eigenvalue weighted by Crippen LogP contribution is -2.09. The second-order valence-electron chi connectivity index (χ2n) is 7.27. The number of hydrogen-bond donors (Lipinski definition) is 2. The van der Waals surface area contributed by atoms with Crippen molar-refractivity contribution in [2.75, 3.05) is 5.73 Å². The van der Waals surface area contributed by atoms with Crippen LogP contribution in [0.2, 0.25) is 5.02 Å². The number of nitrogen functional groups attached to an aromatic ring is 1. The number of anilines is 1. The van der Waals surface area contributed by atoms with Crippen LogP contribution in [0.3, 0.4) is 0 Å². The summed E-state index contributed by atoms with van der Waals surface area (Å²) in [7, 11) is 0. The monoisotopic (exact) mass is 423 g/mol. The molecule has 3 N–H and O–H groups in total. The molecule has 0 aliphatic carbocycles. The average molecular weight is 424 g/mol. The molecule has 0 amide bonds. The van der Waals surface area contributed by atoms with Gasteiger partial charge in [0, 0.05) is 29.1 Å². The van der Waals surface area contributed by atoms with Gasteiger partial charge in [0.2, 0.25) is 0 Å². The summed E-state index contributed by atoms with van der Waals surface area (Å²) in [6.07, 6.45) is 6.65. The zero-order valence-corrected chi connectivity index (χ0v) is 17.8. The van der Waals surface area contributed by atoms with Gasteiger partial charge in [-0.2, -0.15) is 0 Å². The van der Waals surface area contributed by atoms with Crippen LogP contribution < -0.4 is 5.73 Å². The third-order valence-electron chi connectivity index (χ3n) is 4.98. The minimum atomic E-state index is -0.951. The molecule has 0 radical (unpaired) electrons. The van der Waals surface area contributed by atoms with Gasteiger partial charge in [0.1, 0.15) is 5.82 Å². The Hall–Kier alpha value is -3.05. The lowest BCUT2D eigenvalue weighted by molar-refractivity contribution is -0.132. The van der Waals surface area contributed by atoms with Gasteiger partial charge in [0.25, 0.3) is 0 Å². The predicted octanol–water partition coefficient (Wildman–Crippen LogP) is 5.22. The fourth-order valence-corrected chi connectivity index (χ4v) is 3.48. The lowest BCUT2D eigenvalue weighted by Gasteiger charge is -2.12. The van der Waals surface area contributed by atoms with E-state index in [9.17, 15) is 9.90 Å². The SMILES string of the molecule is CCCCc1ncc(/C=C(\Cc2ccc(N)cc2)C(=O)O)n1Cc1ccccc1Cl. The maximum absolute atomic E-state index is 11.9. The van der Waals surface area contributed by atoms with Gasteiger partial charge in [-0.05, 0) is 41.8 Å². The van der Waals surface area contributed by atoms with E-state index in [1.165, 1.54) is 0 Å². The molecule has 0 fully saturated rings. The zero-order chi connectivity index (χ0) is 21.5. The van der Waals surface area contributed by atoms with Gasteiger partial charge in [0.15, 0.2) is 0 Å². The summed E-state index contributed by atoms with van der Waals surface area (Å²) in [5.41, 5.74) is 9.30. The van der Waals surface area contributed by atoms with E-state index in [1.807, 2.05) is 36.4 Å². The lowest BCUT2D eigenvalue weighted by atomic mass is 10.0. The number of aromatic nitrogens is 2. The normalized spacial score (nSPS) is 11.6. The van der Waals surface area contributed by atoms with Gasteiger partial charge in [-0.25, -0.2) is 9.78 Å². The van der Waals surface area contributed by atoms with Crippen molar-refractivity contribution in [1.82, 2.24) is 9.55 Å². The van der Waals surface area contributed by atoms with Crippen molar-refractivity contribution in [2.45, 2.75) is 39.2 Å². The van der Waals surface area contributed by atoms with Crippen molar-refractivity contribution in [3.8, 4) is 0 Å². The summed E-state index contributed by atoms with van der Waals surface area (Å²) in [4.78, 5) is 16.5. The highest BCUT2D eigenvalue weighted by Gasteiger charge is 2.14. The number of imidazole rings is 1. The number of rotatable bonds is 9. The van der Waals surface area contributed by atoms with Crippen LogP contribution in [0.5, 0.6) is 0 Å². The van der Waals surface area contributed by atoms with Crippen molar-refractivity contribution in [3.05, 3.63) is 88.0 Å². The van der Waals surface area contributed by atoms with Crippen LogP contribution in [0.1, 0.15) is 42.4 Å². The van der Waals surface area contributed by atoms with E-state index in [1.54, 1.807) is 24.4 Å². The summed E-state index contributed by atoms with van der Waals surface area (Å²) in [6, 6.07) is 14.9. The van der Waals surface area contributed by atoms with Gasteiger partial charge >= 0.3 is 5.97 Å². The van der Waals surface area contributed by atoms with E-state index in [-0.39, 0.29) is 0 Å².